The first-order valence-electron chi connectivity index (χ1n) is 11.8. The van der Waals surface area contributed by atoms with Crippen LogP contribution in [0, 0.1) is 5.41 Å². The molecule has 11 nitrogen and oxygen atoms in total. The van der Waals surface area contributed by atoms with E-state index in [1.54, 1.807) is 0 Å². The molecule has 0 amide bonds. The van der Waals surface area contributed by atoms with E-state index in [1.165, 1.54) is 76.3 Å². The Hall–Kier alpha value is -2.45. The van der Waals surface area contributed by atoms with Crippen molar-refractivity contribution in [2.24, 2.45) is 5.41 Å². The number of carbonyl (C=O) groups is 1. The molecule has 0 saturated carbocycles. The van der Waals surface area contributed by atoms with E-state index in [-0.39, 0.29) is 33.2 Å². The summed E-state index contributed by atoms with van der Waals surface area (Å²) in [4.78, 5) is 14.1. The van der Waals surface area contributed by atoms with E-state index in [4.69, 9.17) is 4.74 Å². The maximum Gasteiger partial charge on any atom is 0.491 e. The lowest BCUT2D eigenvalue weighted by Crippen LogP contribution is -2.65. The van der Waals surface area contributed by atoms with E-state index >= 15 is 0 Å². The van der Waals surface area contributed by atoms with Crippen molar-refractivity contribution in [1.29, 1.82) is 0 Å². The number of carbonyl (C=O) groups excluding carboxylic acids is 1. The molecule has 4 atom stereocenters. The van der Waals surface area contributed by atoms with Crippen LogP contribution in [0.25, 0.3) is 5.57 Å². The first-order chi connectivity index (χ1) is 17.5. The van der Waals surface area contributed by atoms with E-state index in [2.05, 4.69) is 0 Å². The summed E-state index contributed by atoms with van der Waals surface area (Å²) in [6.45, 7) is 5.29. The van der Waals surface area contributed by atoms with Crippen LogP contribution < -0.4 is 5.46 Å². The molecule has 0 bridgehead atoms. The van der Waals surface area contributed by atoms with Crippen molar-refractivity contribution in [1.82, 2.24) is 0 Å². The van der Waals surface area contributed by atoms with Crippen molar-refractivity contribution in [3.63, 3.8) is 0 Å². The molecule has 4 unspecified atom stereocenters. The van der Waals surface area contributed by atoms with Crippen molar-refractivity contribution in [3.05, 3.63) is 70.8 Å². The van der Waals surface area contributed by atoms with Crippen LogP contribution in [-0.2, 0) is 9.53 Å². The average Bonchev–Trinajstić information content (AvgIpc) is 2.83. The normalized spacial score (nSPS) is 28.9. The van der Waals surface area contributed by atoms with Gasteiger partial charge in [0, 0.05) is 0 Å². The lowest BCUT2D eigenvalue weighted by Gasteiger charge is -2.50. The average molecular weight is 526 g/mol. The van der Waals surface area contributed by atoms with Crippen LogP contribution in [0.4, 0.5) is 0 Å². The molecule has 0 aliphatic heterocycles. The number of hydrogen-bond acceptors (Lipinski definition) is 11. The van der Waals surface area contributed by atoms with Crippen LogP contribution in [0.1, 0.15) is 33.3 Å². The Kier molecular flexibility index (Phi) is 8.40. The highest BCUT2D eigenvalue weighted by molar-refractivity contribution is 6.58. The third-order valence-corrected chi connectivity index (χ3v) is 7.81. The van der Waals surface area contributed by atoms with Crippen LogP contribution in [-0.4, -0.2) is 91.3 Å². The third kappa shape index (κ3) is 4.53. The molecule has 2 aliphatic rings. The fourth-order valence-corrected chi connectivity index (χ4v) is 5.35. The number of benzene rings is 1. The summed E-state index contributed by atoms with van der Waals surface area (Å²) in [5, 5.41) is 90.6. The van der Waals surface area contributed by atoms with Crippen LogP contribution in [0.3, 0.4) is 0 Å². The summed E-state index contributed by atoms with van der Waals surface area (Å²) in [5.74, 6) is -1.18. The highest BCUT2D eigenvalue weighted by Crippen LogP contribution is 2.56. The van der Waals surface area contributed by atoms with Gasteiger partial charge < -0.3 is 50.0 Å². The van der Waals surface area contributed by atoms with Crippen LogP contribution in [0.15, 0.2) is 65.2 Å². The third-order valence-electron chi connectivity index (χ3n) is 7.81. The second-order valence-electron chi connectivity index (χ2n) is 9.98. The van der Waals surface area contributed by atoms with Gasteiger partial charge in [-0.15, -0.1) is 0 Å². The van der Waals surface area contributed by atoms with Gasteiger partial charge in [0.2, 0.25) is 0 Å². The molecule has 1 aromatic carbocycles. The minimum Gasteiger partial charge on any atom is -0.457 e. The zero-order chi connectivity index (χ0) is 28.8. The fraction of sp³-hybridized carbons (Fsp3) is 0.348. The van der Waals surface area contributed by atoms with E-state index < -0.39 is 56.8 Å². The Morgan fingerprint density at radius 2 is 1.45 bits per heavy atom. The van der Waals surface area contributed by atoms with Gasteiger partial charge >= 0.3 is 34.4 Å². The molecule has 0 fully saturated rings. The molecule has 3 rings (SSSR count). The predicted molar refractivity (Wildman–Crippen MR) is 142 cm³/mol. The molecular formula is C23H30B4O11. The summed E-state index contributed by atoms with van der Waals surface area (Å²) >= 11 is 0. The smallest absolute Gasteiger partial charge is 0.457 e. The Morgan fingerprint density at radius 1 is 0.868 bits per heavy atom. The van der Waals surface area contributed by atoms with Gasteiger partial charge in [-0.3, -0.25) is 4.79 Å². The molecule has 2 aliphatic carbocycles. The standard InChI is InChI=1S/C23H30B4O11/c1-13-18(15-8-10-16(11-9-15)24(30)31)22(4,23(29,27(36)37)14(2)19(13)25(32)33)20(28)38-17-7-5-6-12-21(17,3)26(34)35/h5-12,17,29-37H,1-4H3. The van der Waals surface area contributed by atoms with Crippen molar-refractivity contribution in [2.75, 3.05) is 0 Å². The second-order valence-corrected chi connectivity index (χ2v) is 9.98. The van der Waals surface area contributed by atoms with Crippen LogP contribution in [0.2, 0.25) is 5.31 Å². The molecule has 15 heteroatoms. The van der Waals surface area contributed by atoms with Crippen molar-refractivity contribution in [3.8, 4) is 0 Å². The number of allylic oxidation sites excluding steroid dienone is 4. The molecule has 38 heavy (non-hydrogen) atoms. The first-order valence-corrected chi connectivity index (χ1v) is 11.8. The Morgan fingerprint density at radius 3 is 1.92 bits per heavy atom. The predicted octanol–water partition coefficient (Wildman–Crippen LogP) is -2.50. The Labute approximate surface area is 221 Å². The van der Waals surface area contributed by atoms with Gasteiger partial charge in [-0.25, -0.2) is 0 Å². The summed E-state index contributed by atoms with van der Waals surface area (Å²) < 4.78 is 5.72. The summed E-state index contributed by atoms with van der Waals surface area (Å²) in [7, 11) is -8.54. The van der Waals surface area contributed by atoms with Crippen LogP contribution in [0.5, 0.6) is 0 Å². The number of hydrogen-bond donors (Lipinski definition) is 9. The maximum absolute atomic E-state index is 14.1. The number of rotatable bonds is 7. The van der Waals surface area contributed by atoms with Gasteiger partial charge in [-0.1, -0.05) is 49.4 Å². The summed E-state index contributed by atoms with van der Waals surface area (Å²) in [5.41, 5.74) is -5.39. The van der Waals surface area contributed by atoms with Crippen LogP contribution >= 0.6 is 0 Å². The van der Waals surface area contributed by atoms with E-state index in [0.29, 0.717) is 0 Å². The quantitative estimate of drug-likeness (QED) is 0.134. The molecule has 0 heterocycles. The van der Waals surface area contributed by atoms with Crippen molar-refractivity contribution < 1.29 is 54.8 Å². The van der Waals surface area contributed by atoms with Gasteiger partial charge in [0.25, 0.3) is 0 Å². The monoisotopic (exact) mass is 526 g/mol. The molecule has 1 aromatic rings. The zero-order valence-corrected chi connectivity index (χ0v) is 21.3. The van der Waals surface area contributed by atoms with Gasteiger partial charge in [0.15, 0.2) is 0 Å². The number of ether oxygens (including phenoxy) is 1. The van der Waals surface area contributed by atoms with Gasteiger partial charge in [-0.2, -0.15) is 0 Å². The minimum atomic E-state index is -2.85. The lowest BCUT2D eigenvalue weighted by atomic mass is 9.43. The van der Waals surface area contributed by atoms with E-state index in [0.717, 1.165) is 0 Å². The number of esters is 1. The van der Waals surface area contributed by atoms with Gasteiger partial charge in [-0.05, 0) is 60.1 Å². The largest absolute Gasteiger partial charge is 0.491 e. The molecule has 0 radical (unpaired) electrons. The SMILES string of the molecule is CC1=C(c2ccc(B(O)O)cc2)C(C)(C(=O)OC2C=CC=CC2(C)B(O)O)C(O)(B(O)O)C(C)=C1B(O)O. The topological polar surface area (TPSA) is 208 Å². The molecule has 0 saturated heterocycles. The maximum atomic E-state index is 14.1. The fourth-order valence-electron chi connectivity index (χ4n) is 5.35. The van der Waals surface area contributed by atoms with Crippen molar-refractivity contribution >= 4 is 45.5 Å². The summed E-state index contributed by atoms with van der Waals surface area (Å²) in [6, 6.07) is 5.43. The summed E-state index contributed by atoms with van der Waals surface area (Å²) in [6.07, 6.45) is 4.63. The van der Waals surface area contributed by atoms with E-state index in [9.17, 15) is 50.1 Å². The lowest BCUT2D eigenvalue weighted by molar-refractivity contribution is -0.164. The Balaban J connectivity index is 2.30. The minimum absolute atomic E-state index is 0.0626. The Bertz CT molecular complexity index is 1210. The zero-order valence-electron chi connectivity index (χ0n) is 21.3. The second kappa shape index (κ2) is 10.6. The molecule has 200 valence electrons. The van der Waals surface area contributed by atoms with Gasteiger partial charge in [0.1, 0.15) is 17.0 Å². The number of aliphatic hydroxyl groups is 1. The highest BCUT2D eigenvalue weighted by atomic mass is 16.5. The van der Waals surface area contributed by atoms with Crippen molar-refractivity contribution in [2.45, 2.75) is 44.6 Å². The molecular weight excluding hydrogens is 495 g/mol. The first kappa shape index (κ1) is 30.1. The van der Waals surface area contributed by atoms with E-state index in [1.807, 2.05) is 0 Å². The van der Waals surface area contributed by atoms with Gasteiger partial charge in [0.05, 0.1) is 5.31 Å². The molecule has 0 aromatic heterocycles. The molecule has 9 N–H and O–H groups in total. The molecule has 0 spiro atoms. The highest BCUT2D eigenvalue weighted by Gasteiger charge is 2.66.